The number of rotatable bonds is 8. The molecule has 22 heavy (non-hydrogen) atoms. The molecule has 0 aliphatic rings. The molecule has 116 valence electrons. The van der Waals surface area contributed by atoms with Gasteiger partial charge in [-0.1, -0.05) is 60.7 Å². The molecule has 0 fully saturated rings. The maximum atomic E-state index is 11.8. The van der Waals surface area contributed by atoms with Gasteiger partial charge in [0.25, 0.3) is 0 Å². The highest BCUT2D eigenvalue weighted by atomic mass is 16.1. The fraction of sp³-hybridized carbons (Fsp3) is 0.316. The van der Waals surface area contributed by atoms with E-state index >= 15 is 0 Å². The normalized spacial score (nSPS) is 11.9. The Morgan fingerprint density at radius 2 is 1.64 bits per heavy atom. The summed E-state index contributed by atoms with van der Waals surface area (Å²) in [5.74, 6) is 0.366. The molecule has 2 aromatic rings. The van der Waals surface area contributed by atoms with Crippen LogP contribution in [0.5, 0.6) is 0 Å². The van der Waals surface area contributed by atoms with Crippen molar-refractivity contribution in [3.8, 4) is 0 Å². The number of amides is 1. The van der Waals surface area contributed by atoms with Crippen molar-refractivity contribution in [3.05, 3.63) is 71.8 Å². The Kier molecular flexibility index (Phi) is 6.65. The second-order valence-electron chi connectivity index (χ2n) is 5.49. The summed E-state index contributed by atoms with van der Waals surface area (Å²) in [7, 11) is 0. The number of nitrogens with two attached hydrogens (primary N) is 1. The number of hydrogen-bond acceptors (Lipinski definition) is 2. The molecule has 0 aliphatic heterocycles. The van der Waals surface area contributed by atoms with E-state index in [-0.39, 0.29) is 11.8 Å². The zero-order valence-electron chi connectivity index (χ0n) is 12.9. The van der Waals surface area contributed by atoms with Gasteiger partial charge in [-0.15, -0.1) is 0 Å². The highest BCUT2D eigenvalue weighted by Gasteiger charge is 2.13. The Labute approximate surface area is 132 Å². The van der Waals surface area contributed by atoms with E-state index < -0.39 is 0 Å². The van der Waals surface area contributed by atoms with Crippen LogP contribution in [0.25, 0.3) is 0 Å². The predicted molar refractivity (Wildman–Crippen MR) is 90.6 cm³/mol. The zero-order valence-corrected chi connectivity index (χ0v) is 12.9. The second-order valence-corrected chi connectivity index (χ2v) is 5.49. The van der Waals surface area contributed by atoms with Gasteiger partial charge in [0.2, 0.25) is 5.91 Å². The average Bonchev–Trinajstić information content (AvgIpc) is 2.58. The van der Waals surface area contributed by atoms with E-state index in [9.17, 15) is 4.79 Å². The Balaban J connectivity index is 2.01. The molecule has 0 saturated heterocycles. The third-order valence-electron chi connectivity index (χ3n) is 3.75. The second kappa shape index (κ2) is 9.00. The van der Waals surface area contributed by atoms with Gasteiger partial charge in [-0.05, 0) is 30.5 Å². The third kappa shape index (κ3) is 5.34. The van der Waals surface area contributed by atoms with E-state index in [1.54, 1.807) is 0 Å². The van der Waals surface area contributed by atoms with Crippen LogP contribution in [0.1, 0.15) is 29.9 Å². The number of carbonyl (C=O) groups excluding carboxylic acids is 1. The van der Waals surface area contributed by atoms with Crippen molar-refractivity contribution in [2.45, 2.75) is 25.2 Å². The molecule has 3 heteroatoms. The van der Waals surface area contributed by atoms with E-state index in [1.807, 2.05) is 24.3 Å². The van der Waals surface area contributed by atoms with Gasteiger partial charge >= 0.3 is 0 Å². The minimum atomic E-state index is 0.0828. The molecular formula is C19H24N2O. The maximum absolute atomic E-state index is 11.8. The lowest BCUT2D eigenvalue weighted by atomic mass is 9.92. The molecule has 3 nitrogen and oxygen atoms in total. The van der Waals surface area contributed by atoms with Crippen molar-refractivity contribution < 1.29 is 4.79 Å². The van der Waals surface area contributed by atoms with Gasteiger partial charge in [-0.25, -0.2) is 0 Å². The highest BCUT2D eigenvalue weighted by Crippen LogP contribution is 2.20. The van der Waals surface area contributed by atoms with Gasteiger partial charge in [0.05, 0.1) is 0 Å². The van der Waals surface area contributed by atoms with Gasteiger partial charge in [-0.2, -0.15) is 0 Å². The smallest absolute Gasteiger partial charge is 0.220 e. The van der Waals surface area contributed by atoms with Crippen LogP contribution in [0.15, 0.2) is 60.7 Å². The summed E-state index contributed by atoms with van der Waals surface area (Å²) >= 11 is 0. The molecule has 1 amide bonds. The largest absolute Gasteiger partial charge is 0.355 e. The summed E-state index contributed by atoms with van der Waals surface area (Å²) in [4.78, 5) is 11.8. The minimum Gasteiger partial charge on any atom is -0.355 e. The Hall–Kier alpha value is -2.13. The quantitative estimate of drug-likeness (QED) is 0.787. The summed E-state index contributed by atoms with van der Waals surface area (Å²) in [6, 6.07) is 20.7. The van der Waals surface area contributed by atoms with Crippen LogP contribution in [-0.2, 0) is 11.2 Å². The van der Waals surface area contributed by atoms with E-state index in [0.717, 1.165) is 12.8 Å². The lowest BCUT2D eigenvalue weighted by Gasteiger charge is -2.18. The summed E-state index contributed by atoms with van der Waals surface area (Å²) in [6.07, 6.45) is 2.16. The molecule has 1 unspecified atom stereocenters. The van der Waals surface area contributed by atoms with E-state index in [4.69, 9.17) is 5.73 Å². The first kappa shape index (κ1) is 16.2. The molecule has 0 bridgehead atoms. The van der Waals surface area contributed by atoms with Crippen LogP contribution in [0, 0.1) is 0 Å². The molecule has 1 atom stereocenters. The topological polar surface area (TPSA) is 55.1 Å². The predicted octanol–water partition coefficient (Wildman–Crippen LogP) is 2.87. The fourth-order valence-electron chi connectivity index (χ4n) is 2.52. The lowest BCUT2D eigenvalue weighted by molar-refractivity contribution is -0.121. The molecule has 0 aliphatic carbocycles. The zero-order chi connectivity index (χ0) is 15.6. The van der Waals surface area contributed by atoms with Crippen molar-refractivity contribution in [1.82, 2.24) is 5.32 Å². The number of nitrogens with one attached hydrogen (secondary N) is 1. The molecule has 0 saturated carbocycles. The lowest BCUT2D eigenvalue weighted by Crippen LogP contribution is -2.29. The number of carbonyl (C=O) groups is 1. The highest BCUT2D eigenvalue weighted by molar-refractivity contribution is 5.75. The van der Waals surface area contributed by atoms with Gasteiger partial charge in [0, 0.05) is 18.9 Å². The van der Waals surface area contributed by atoms with Crippen molar-refractivity contribution in [3.63, 3.8) is 0 Å². The van der Waals surface area contributed by atoms with Crippen LogP contribution < -0.4 is 11.1 Å². The molecule has 0 spiro atoms. The first-order chi connectivity index (χ1) is 10.8. The van der Waals surface area contributed by atoms with Crippen LogP contribution >= 0.6 is 0 Å². The molecule has 0 aromatic heterocycles. The number of hydrogen-bond donors (Lipinski definition) is 2. The van der Waals surface area contributed by atoms with Crippen molar-refractivity contribution in [2.24, 2.45) is 5.73 Å². The van der Waals surface area contributed by atoms with E-state index in [0.29, 0.717) is 19.5 Å². The van der Waals surface area contributed by atoms with Crippen LogP contribution in [0.2, 0.25) is 0 Å². The summed E-state index contributed by atoms with van der Waals surface area (Å²) in [5, 5.41) is 3.04. The average molecular weight is 296 g/mol. The summed E-state index contributed by atoms with van der Waals surface area (Å²) < 4.78 is 0. The minimum absolute atomic E-state index is 0.0828. The van der Waals surface area contributed by atoms with Gasteiger partial charge in [0.1, 0.15) is 0 Å². The first-order valence-electron chi connectivity index (χ1n) is 7.85. The SMILES string of the molecule is NCCCC(=O)NCC(Cc1ccccc1)c1ccccc1. The molecule has 2 rings (SSSR count). The molecule has 2 aromatic carbocycles. The van der Waals surface area contributed by atoms with E-state index in [1.165, 1.54) is 11.1 Å². The standard InChI is InChI=1S/C19H24N2O/c20-13-7-12-19(22)21-15-18(17-10-5-2-6-11-17)14-16-8-3-1-4-9-16/h1-6,8-11,18H,7,12-15,20H2,(H,21,22). The maximum Gasteiger partial charge on any atom is 0.220 e. The van der Waals surface area contributed by atoms with Crippen molar-refractivity contribution in [1.29, 1.82) is 0 Å². The monoisotopic (exact) mass is 296 g/mol. The van der Waals surface area contributed by atoms with Crippen molar-refractivity contribution in [2.75, 3.05) is 13.1 Å². The van der Waals surface area contributed by atoms with Gasteiger partial charge < -0.3 is 11.1 Å². The van der Waals surface area contributed by atoms with Crippen LogP contribution in [0.4, 0.5) is 0 Å². The van der Waals surface area contributed by atoms with E-state index in [2.05, 4.69) is 41.7 Å². The number of benzene rings is 2. The first-order valence-corrected chi connectivity index (χ1v) is 7.85. The molecule has 3 N–H and O–H groups in total. The third-order valence-corrected chi connectivity index (χ3v) is 3.75. The summed E-state index contributed by atoms with van der Waals surface area (Å²) in [5.41, 5.74) is 7.99. The molecule has 0 heterocycles. The van der Waals surface area contributed by atoms with Crippen LogP contribution in [0.3, 0.4) is 0 Å². The Morgan fingerprint density at radius 3 is 2.27 bits per heavy atom. The molecule has 0 radical (unpaired) electrons. The Bertz CT molecular complexity index is 554. The summed E-state index contributed by atoms with van der Waals surface area (Å²) in [6.45, 7) is 1.21. The molecular weight excluding hydrogens is 272 g/mol. The van der Waals surface area contributed by atoms with Gasteiger partial charge in [0.15, 0.2) is 0 Å². The van der Waals surface area contributed by atoms with Gasteiger partial charge in [-0.3, -0.25) is 4.79 Å². The Morgan fingerprint density at radius 1 is 1.00 bits per heavy atom. The fourth-order valence-corrected chi connectivity index (χ4v) is 2.52. The van der Waals surface area contributed by atoms with Crippen molar-refractivity contribution >= 4 is 5.91 Å². The van der Waals surface area contributed by atoms with Crippen LogP contribution in [-0.4, -0.2) is 19.0 Å².